The van der Waals surface area contributed by atoms with E-state index in [4.69, 9.17) is 5.73 Å². The van der Waals surface area contributed by atoms with Gasteiger partial charge < -0.3 is 21.5 Å². The number of primary amides is 1. The second kappa shape index (κ2) is 7.23. The second-order valence-corrected chi connectivity index (χ2v) is 4.82. The van der Waals surface area contributed by atoms with Crippen molar-refractivity contribution in [3.05, 3.63) is 28.2 Å². The summed E-state index contributed by atoms with van der Waals surface area (Å²) in [7, 11) is 0. The highest BCUT2D eigenvalue weighted by Crippen LogP contribution is 2.29. The Morgan fingerprint density at radius 3 is 2.83 bits per heavy atom. The van der Waals surface area contributed by atoms with E-state index in [9.17, 15) is 9.90 Å². The molecule has 1 aromatic carbocycles. The Morgan fingerprint density at radius 2 is 2.22 bits per heavy atom. The smallest absolute Gasteiger partial charge is 0.312 e. The molecule has 5 nitrogen and oxygen atoms in total. The van der Waals surface area contributed by atoms with E-state index in [1.54, 1.807) is 12.1 Å². The molecule has 5 N–H and O–H groups in total. The lowest BCUT2D eigenvalue weighted by Gasteiger charge is -2.19. The van der Waals surface area contributed by atoms with Crippen molar-refractivity contribution in [3.8, 4) is 5.75 Å². The molecule has 0 bridgehead atoms. The number of aromatic hydroxyl groups is 1. The molecule has 0 aliphatic rings. The van der Waals surface area contributed by atoms with E-state index in [1.165, 1.54) is 0 Å². The minimum Gasteiger partial charge on any atom is -0.508 e. The molecule has 18 heavy (non-hydrogen) atoms. The average molecular weight is 316 g/mol. The van der Waals surface area contributed by atoms with Gasteiger partial charge in [0, 0.05) is 29.2 Å². The summed E-state index contributed by atoms with van der Waals surface area (Å²) in [6.45, 7) is 3.08. The summed E-state index contributed by atoms with van der Waals surface area (Å²) in [4.78, 5) is 10.5. The largest absolute Gasteiger partial charge is 0.508 e. The van der Waals surface area contributed by atoms with Crippen LogP contribution in [0.25, 0.3) is 0 Å². The minimum atomic E-state index is -0.532. The van der Waals surface area contributed by atoms with Crippen LogP contribution in [0, 0.1) is 0 Å². The van der Waals surface area contributed by atoms with Gasteiger partial charge in [-0.3, -0.25) is 0 Å². The molecule has 1 rings (SSSR count). The van der Waals surface area contributed by atoms with Gasteiger partial charge in [0.2, 0.25) is 0 Å². The van der Waals surface area contributed by atoms with E-state index in [1.807, 2.05) is 13.0 Å². The van der Waals surface area contributed by atoms with Gasteiger partial charge in [0.1, 0.15) is 5.75 Å². The molecule has 0 aliphatic heterocycles. The van der Waals surface area contributed by atoms with E-state index < -0.39 is 6.03 Å². The number of amides is 2. The summed E-state index contributed by atoms with van der Waals surface area (Å²) in [5, 5.41) is 15.6. The number of rotatable bonds is 6. The Balaban J connectivity index is 2.59. The third-order valence-corrected chi connectivity index (χ3v) is 3.08. The summed E-state index contributed by atoms with van der Waals surface area (Å²) in [5.74, 6) is 0.264. The predicted octanol–water partition coefficient (Wildman–Crippen LogP) is 1.86. The lowest BCUT2D eigenvalue weighted by molar-refractivity contribution is 0.248. The van der Waals surface area contributed by atoms with Gasteiger partial charge in [-0.2, -0.15) is 0 Å². The van der Waals surface area contributed by atoms with E-state index in [0.29, 0.717) is 13.1 Å². The van der Waals surface area contributed by atoms with Gasteiger partial charge in [0.15, 0.2) is 0 Å². The Labute approximate surface area is 115 Å². The van der Waals surface area contributed by atoms with Gasteiger partial charge in [-0.25, -0.2) is 4.79 Å². The average Bonchev–Trinajstić information content (AvgIpc) is 2.33. The standard InChI is InChI=1S/C12H18BrN3O2/c1-2-10(15-5-6-16-12(14)18)9-7-8(13)3-4-11(9)17/h3-4,7,10,15,17H,2,5-6H2,1H3,(H3,14,16,18). The molecule has 1 atom stereocenters. The highest BCUT2D eigenvalue weighted by atomic mass is 79.9. The molecule has 100 valence electrons. The highest BCUT2D eigenvalue weighted by Gasteiger charge is 2.13. The molecule has 0 radical (unpaired) electrons. The molecule has 1 aromatic rings. The Hall–Kier alpha value is -1.27. The normalized spacial score (nSPS) is 12.1. The third-order valence-electron chi connectivity index (χ3n) is 2.59. The van der Waals surface area contributed by atoms with Crippen molar-refractivity contribution in [2.24, 2.45) is 5.73 Å². The summed E-state index contributed by atoms with van der Waals surface area (Å²) in [5.41, 5.74) is 5.81. The topological polar surface area (TPSA) is 87.4 Å². The number of hydrogen-bond acceptors (Lipinski definition) is 3. The van der Waals surface area contributed by atoms with Crippen molar-refractivity contribution in [2.75, 3.05) is 13.1 Å². The molecule has 2 amide bonds. The maximum atomic E-state index is 10.5. The number of nitrogens with one attached hydrogen (secondary N) is 2. The maximum absolute atomic E-state index is 10.5. The SMILES string of the molecule is CCC(NCCNC(N)=O)c1cc(Br)ccc1O. The summed E-state index contributed by atoms with van der Waals surface area (Å²) < 4.78 is 0.922. The van der Waals surface area contributed by atoms with Gasteiger partial charge in [-0.15, -0.1) is 0 Å². The summed E-state index contributed by atoms with van der Waals surface area (Å²) in [6.07, 6.45) is 0.834. The number of hydrogen-bond donors (Lipinski definition) is 4. The number of carbonyl (C=O) groups excluding carboxylic acids is 1. The van der Waals surface area contributed by atoms with Gasteiger partial charge in [-0.1, -0.05) is 22.9 Å². The lowest BCUT2D eigenvalue weighted by Crippen LogP contribution is -2.36. The first-order valence-corrected chi connectivity index (χ1v) is 6.59. The third kappa shape index (κ3) is 4.54. The molecular weight excluding hydrogens is 298 g/mol. The van der Waals surface area contributed by atoms with Gasteiger partial charge in [0.25, 0.3) is 0 Å². The van der Waals surface area contributed by atoms with Crippen molar-refractivity contribution in [1.82, 2.24) is 10.6 Å². The first-order chi connectivity index (χ1) is 8.54. The van der Waals surface area contributed by atoms with Crippen LogP contribution in [-0.2, 0) is 0 Å². The Kier molecular flexibility index (Phi) is 5.94. The molecule has 0 heterocycles. The molecule has 1 unspecified atom stereocenters. The van der Waals surface area contributed by atoms with Crippen LogP contribution in [-0.4, -0.2) is 24.2 Å². The van der Waals surface area contributed by atoms with Gasteiger partial charge in [-0.05, 0) is 24.6 Å². The number of phenols is 1. The van der Waals surface area contributed by atoms with Crippen LogP contribution < -0.4 is 16.4 Å². The Morgan fingerprint density at radius 1 is 1.50 bits per heavy atom. The molecule has 6 heteroatoms. The quantitative estimate of drug-likeness (QED) is 0.604. The Bertz CT molecular complexity index is 412. The number of nitrogens with two attached hydrogens (primary N) is 1. The van der Waals surface area contributed by atoms with Crippen molar-refractivity contribution in [3.63, 3.8) is 0 Å². The second-order valence-electron chi connectivity index (χ2n) is 3.91. The van der Waals surface area contributed by atoms with Crippen molar-refractivity contribution < 1.29 is 9.90 Å². The van der Waals surface area contributed by atoms with Crippen molar-refractivity contribution >= 4 is 22.0 Å². The van der Waals surface area contributed by atoms with Crippen LogP contribution in [0.15, 0.2) is 22.7 Å². The van der Waals surface area contributed by atoms with Gasteiger partial charge in [0.05, 0.1) is 0 Å². The van der Waals surface area contributed by atoms with E-state index in [-0.39, 0.29) is 11.8 Å². The number of carbonyl (C=O) groups is 1. The highest BCUT2D eigenvalue weighted by molar-refractivity contribution is 9.10. The van der Waals surface area contributed by atoms with E-state index in [0.717, 1.165) is 16.5 Å². The number of halogens is 1. The monoisotopic (exact) mass is 315 g/mol. The molecule has 0 spiro atoms. The van der Waals surface area contributed by atoms with Crippen LogP contribution in [0.2, 0.25) is 0 Å². The molecule has 0 saturated carbocycles. The van der Waals surface area contributed by atoms with E-state index >= 15 is 0 Å². The van der Waals surface area contributed by atoms with Crippen LogP contribution >= 0.6 is 15.9 Å². The first-order valence-electron chi connectivity index (χ1n) is 5.79. The predicted molar refractivity (Wildman–Crippen MR) is 74.4 cm³/mol. The first kappa shape index (κ1) is 14.8. The van der Waals surface area contributed by atoms with Crippen LogP contribution in [0.4, 0.5) is 4.79 Å². The van der Waals surface area contributed by atoms with Crippen LogP contribution in [0.3, 0.4) is 0 Å². The van der Waals surface area contributed by atoms with Crippen molar-refractivity contribution in [2.45, 2.75) is 19.4 Å². The number of benzene rings is 1. The molecular formula is C12H18BrN3O2. The molecule has 0 saturated heterocycles. The van der Waals surface area contributed by atoms with Crippen molar-refractivity contribution in [1.29, 1.82) is 0 Å². The zero-order valence-electron chi connectivity index (χ0n) is 10.2. The maximum Gasteiger partial charge on any atom is 0.312 e. The van der Waals surface area contributed by atoms with Crippen LogP contribution in [0.5, 0.6) is 5.75 Å². The summed E-state index contributed by atoms with van der Waals surface area (Å²) >= 11 is 3.38. The summed E-state index contributed by atoms with van der Waals surface area (Å²) in [6, 6.07) is 4.84. The van der Waals surface area contributed by atoms with E-state index in [2.05, 4.69) is 26.6 Å². The molecule has 0 fully saturated rings. The van der Waals surface area contributed by atoms with Crippen LogP contribution in [0.1, 0.15) is 24.9 Å². The fourth-order valence-electron chi connectivity index (χ4n) is 1.71. The zero-order valence-corrected chi connectivity index (χ0v) is 11.8. The molecule has 0 aromatic heterocycles. The number of urea groups is 1. The van der Waals surface area contributed by atoms with Gasteiger partial charge >= 0.3 is 6.03 Å². The fraction of sp³-hybridized carbons (Fsp3) is 0.417. The minimum absolute atomic E-state index is 0.0391. The lowest BCUT2D eigenvalue weighted by atomic mass is 10.0. The fourth-order valence-corrected chi connectivity index (χ4v) is 2.09. The number of phenolic OH excluding ortho intramolecular Hbond substituents is 1. The zero-order chi connectivity index (χ0) is 13.5. The molecule has 0 aliphatic carbocycles.